The van der Waals surface area contributed by atoms with Gasteiger partial charge in [-0.25, -0.2) is 19.6 Å². The van der Waals surface area contributed by atoms with Crippen LogP contribution < -0.4 is 5.73 Å². The van der Waals surface area contributed by atoms with Gasteiger partial charge < -0.3 is 25.4 Å². The number of aliphatic hydroxyl groups is 2. The summed E-state index contributed by atoms with van der Waals surface area (Å²) >= 11 is 0. The Morgan fingerprint density at radius 3 is 2.82 bits per heavy atom. The van der Waals surface area contributed by atoms with Crippen molar-refractivity contribution >= 4 is 17.0 Å². The van der Waals surface area contributed by atoms with Gasteiger partial charge in [0, 0.05) is 12.8 Å². The van der Waals surface area contributed by atoms with Crippen LogP contribution in [0.15, 0.2) is 49.2 Å². The van der Waals surface area contributed by atoms with Crippen molar-refractivity contribution in [3.05, 3.63) is 60.4 Å². The minimum absolute atomic E-state index is 0.249. The van der Waals surface area contributed by atoms with Crippen molar-refractivity contribution in [3.63, 3.8) is 0 Å². The SMILES string of the molecule is Nc1ncnc2c1ncn2[C@@H]1O[C@H](CO)[C@@H](O)[C@H]1OCCCc1cn(Cc2ccccc2)nn1. The highest BCUT2D eigenvalue weighted by Gasteiger charge is 2.45. The van der Waals surface area contributed by atoms with Gasteiger partial charge in [-0.1, -0.05) is 35.5 Å². The first-order valence-electron chi connectivity index (χ1n) is 11.1. The van der Waals surface area contributed by atoms with Crippen molar-refractivity contribution in [2.45, 2.75) is 43.9 Å². The summed E-state index contributed by atoms with van der Waals surface area (Å²) in [5, 5.41) is 28.7. The van der Waals surface area contributed by atoms with Gasteiger partial charge in [0.15, 0.2) is 17.7 Å². The van der Waals surface area contributed by atoms with E-state index in [4.69, 9.17) is 15.2 Å². The Balaban J connectivity index is 1.21. The molecule has 1 aromatic carbocycles. The third-order valence-electron chi connectivity index (χ3n) is 5.82. The van der Waals surface area contributed by atoms with Gasteiger partial charge >= 0.3 is 0 Å². The lowest BCUT2D eigenvalue weighted by Gasteiger charge is -2.22. The van der Waals surface area contributed by atoms with Crippen LogP contribution in [0.25, 0.3) is 11.2 Å². The number of nitrogens with zero attached hydrogens (tertiary/aromatic N) is 7. The summed E-state index contributed by atoms with van der Waals surface area (Å²) in [6.07, 6.45) is 2.88. The van der Waals surface area contributed by atoms with Gasteiger partial charge in [0.25, 0.3) is 0 Å². The van der Waals surface area contributed by atoms with Crippen LogP contribution in [0.3, 0.4) is 0 Å². The molecule has 0 unspecified atom stereocenters. The topological polar surface area (TPSA) is 159 Å². The molecular weight excluding hydrogens is 440 g/mol. The minimum atomic E-state index is -1.02. The van der Waals surface area contributed by atoms with Crippen LogP contribution in [0.4, 0.5) is 5.82 Å². The van der Waals surface area contributed by atoms with Crippen LogP contribution >= 0.6 is 0 Å². The largest absolute Gasteiger partial charge is 0.394 e. The predicted molar refractivity (Wildman–Crippen MR) is 120 cm³/mol. The Morgan fingerprint density at radius 1 is 1.15 bits per heavy atom. The lowest BCUT2D eigenvalue weighted by atomic mass is 10.1. The van der Waals surface area contributed by atoms with E-state index in [1.807, 2.05) is 36.5 Å². The molecule has 4 atom stereocenters. The first kappa shape index (κ1) is 22.3. The van der Waals surface area contributed by atoms with Crippen molar-refractivity contribution in [2.75, 3.05) is 18.9 Å². The van der Waals surface area contributed by atoms with Gasteiger partial charge in [0.2, 0.25) is 0 Å². The molecule has 3 aromatic heterocycles. The molecule has 12 heteroatoms. The van der Waals surface area contributed by atoms with E-state index < -0.39 is 24.5 Å². The van der Waals surface area contributed by atoms with E-state index >= 15 is 0 Å². The standard InChI is InChI=1S/C22H26N8O4/c23-20-17-21(25-12-24-20)30(13-26-17)22-19(18(32)16(11-31)34-22)33-8-4-7-15-10-29(28-27-15)9-14-5-2-1-3-6-14/h1-3,5-6,10,12-13,16,18-19,22,31-32H,4,7-9,11H2,(H2,23,24,25)/t16-,18-,19-,22-/m1/s1. The van der Waals surface area contributed by atoms with Crippen molar-refractivity contribution in [3.8, 4) is 0 Å². The molecule has 1 fully saturated rings. The van der Waals surface area contributed by atoms with Crippen LogP contribution in [-0.4, -0.2) is 76.3 Å². The van der Waals surface area contributed by atoms with Crippen LogP contribution in [0.1, 0.15) is 23.9 Å². The minimum Gasteiger partial charge on any atom is -0.394 e. The average molecular weight is 467 g/mol. The average Bonchev–Trinajstić information content (AvgIpc) is 3.56. The van der Waals surface area contributed by atoms with Gasteiger partial charge in [0.1, 0.15) is 30.2 Å². The molecule has 0 radical (unpaired) electrons. The normalized spacial score (nSPS) is 22.5. The van der Waals surface area contributed by atoms with E-state index in [-0.39, 0.29) is 12.4 Å². The van der Waals surface area contributed by atoms with Crippen LogP contribution in [0.2, 0.25) is 0 Å². The summed E-state index contributed by atoms with van der Waals surface area (Å²) < 4.78 is 15.3. The van der Waals surface area contributed by atoms with Crippen molar-refractivity contribution in [2.24, 2.45) is 0 Å². The number of aryl methyl sites for hydroxylation is 1. The molecule has 4 N–H and O–H groups in total. The molecule has 0 saturated carbocycles. The number of nitrogen functional groups attached to an aromatic ring is 1. The highest BCUT2D eigenvalue weighted by molar-refractivity contribution is 5.81. The summed E-state index contributed by atoms with van der Waals surface area (Å²) in [6, 6.07) is 10.1. The predicted octanol–water partition coefficient (Wildman–Crippen LogP) is 0.317. The lowest BCUT2D eigenvalue weighted by molar-refractivity contribution is -0.0708. The van der Waals surface area contributed by atoms with Crippen LogP contribution in [0, 0.1) is 0 Å². The van der Waals surface area contributed by atoms with E-state index in [9.17, 15) is 10.2 Å². The zero-order chi connectivity index (χ0) is 23.5. The fraction of sp³-hybridized carbons (Fsp3) is 0.409. The molecule has 4 aromatic rings. The second-order valence-corrected chi connectivity index (χ2v) is 8.15. The number of fused-ring (bicyclic) bond motifs is 1. The molecule has 0 bridgehead atoms. The number of imidazole rings is 1. The van der Waals surface area contributed by atoms with Gasteiger partial charge in [-0.05, 0) is 18.4 Å². The quantitative estimate of drug-likeness (QED) is 0.293. The smallest absolute Gasteiger partial charge is 0.167 e. The van der Waals surface area contributed by atoms with Gasteiger partial charge in [-0.3, -0.25) is 4.57 Å². The number of aliphatic hydroxyl groups excluding tert-OH is 2. The number of hydrogen-bond acceptors (Lipinski definition) is 10. The zero-order valence-corrected chi connectivity index (χ0v) is 18.4. The third kappa shape index (κ3) is 4.48. The van der Waals surface area contributed by atoms with E-state index in [1.54, 1.807) is 9.25 Å². The zero-order valence-electron chi connectivity index (χ0n) is 18.4. The molecule has 0 amide bonds. The number of benzene rings is 1. The number of nitrogens with two attached hydrogens (primary N) is 1. The molecule has 5 rings (SSSR count). The molecule has 178 valence electrons. The van der Waals surface area contributed by atoms with Crippen molar-refractivity contribution in [1.82, 2.24) is 34.5 Å². The molecule has 12 nitrogen and oxygen atoms in total. The van der Waals surface area contributed by atoms with E-state index in [0.29, 0.717) is 37.2 Å². The van der Waals surface area contributed by atoms with Gasteiger partial charge in [-0.2, -0.15) is 0 Å². The maximum Gasteiger partial charge on any atom is 0.167 e. The van der Waals surface area contributed by atoms with Crippen molar-refractivity contribution in [1.29, 1.82) is 0 Å². The number of anilines is 1. The summed E-state index contributed by atoms with van der Waals surface area (Å²) in [6.45, 7) is 0.675. The summed E-state index contributed by atoms with van der Waals surface area (Å²) in [7, 11) is 0. The highest BCUT2D eigenvalue weighted by atomic mass is 16.6. The molecule has 34 heavy (non-hydrogen) atoms. The second-order valence-electron chi connectivity index (χ2n) is 8.15. The number of ether oxygens (including phenoxy) is 2. The van der Waals surface area contributed by atoms with E-state index in [0.717, 1.165) is 11.3 Å². The summed E-state index contributed by atoms with van der Waals surface area (Å²) in [5.74, 6) is 0.249. The first-order chi connectivity index (χ1) is 16.6. The second kappa shape index (κ2) is 9.81. The van der Waals surface area contributed by atoms with E-state index in [1.165, 1.54) is 12.7 Å². The summed E-state index contributed by atoms with van der Waals surface area (Å²) in [5.41, 5.74) is 8.80. The van der Waals surface area contributed by atoms with Crippen LogP contribution in [0.5, 0.6) is 0 Å². The fourth-order valence-corrected chi connectivity index (χ4v) is 4.10. The Labute approximate surface area is 195 Å². The first-order valence-corrected chi connectivity index (χ1v) is 11.1. The maximum atomic E-state index is 10.7. The maximum absolute atomic E-state index is 10.7. The molecule has 0 spiro atoms. The molecular formula is C22H26N8O4. The molecule has 0 aliphatic carbocycles. The number of rotatable bonds is 9. The van der Waals surface area contributed by atoms with Crippen molar-refractivity contribution < 1.29 is 19.7 Å². The fourth-order valence-electron chi connectivity index (χ4n) is 4.10. The number of hydrogen-bond donors (Lipinski definition) is 3. The van der Waals surface area contributed by atoms with Gasteiger partial charge in [-0.15, -0.1) is 5.10 Å². The monoisotopic (exact) mass is 466 g/mol. The summed E-state index contributed by atoms with van der Waals surface area (Å²) in [4.78, 5) is 12.4. The Bertz CT molecular complexity index is 1230. The Hall–Kier alpha value is -3.45. The molecule has 1 aliphatic heterocycles. The van der Waals surface area contributed by atoms with Gasteiger partial charge in [0.05, 0.1) is 25.2 Å². The molecule has 4 heterocycles. The molecule has 1 aliphatic rings. The van der Waals surface area contributed by atoms with Crippen LogP contribution in [-0.2, 0) is 22.4 Å². The highest BCUT2D eigenvalue weighted by Crippen LogP contribution is 2.34. The third-order valence-corrected chi connectivity index (χ3v) is 5.82. The Kier molecular flexibility index (Phi) is 6.45. The number of aromatic nitrogens is 7. The Morgan fingerprint density at radius 2 is 2.00 bits per heavy atom. The molecule has 1 saturated heterocycles. The lowest BCUT2D eigenvalue weighted by Crippen LogP contribution is -2.35. The van der Waals surface area contributed by atoms with E-state index in [2.05, 4.69) is 25.3 Å².